The van der Waals surface area contributed by atoms with E-state index >= 15 is 0 Å². The Morgan fingerprint density at radius 2 is 2.08 bits per heavy atom. The van der Waals surface area contributed by atoms with Gasteiger partial charge in [0.15, 0.2) is 0 Å². The Labute approximate surface area is 80.4 Å². The maximum Gasteiger partial charge on any atom is 0.00448 e. The van der Waals surface area contributed by atoms with Crippen LogP contribution in [0.2, 0.25) is 0 Å². The predicted octanol–water partition coefficient (Wildman–Crippen LogP) is 2.28. The topological polar surface area (TPSA) is 3.24 Å². The van der Waals surface area contributed by atoms with E-state index in [4.69, 9.17) is 0 Å². The van der Waals surface area contributed by atoms with E-state index in [0.29, 0.717) is 5.92 Å². The Morgan fingerprint density at radius 3 is 2.92 bits per heavy atom. The summed E-state index contributed by atoms with van der Waals surface area (Å²) in [5.41, 5.74) is 3.09. The van der Waals surface area contributed by atoms with Crippen molar-refractivity contribution in [2.45, 2.75) is 19.3 Å². The van der Waals surface area contributed by atoms with E-state index in [2.05, 4.69) is 43.1 Å². The summed E-state index contributed by atoms with van der Waals surface area (Å²) in [6.07, 6.45) is 1.21. The first-order valence-electron chi connectivity index (χ1n) is 5.03. The van der Waals surface area contributed by atoms with Crippen molar-refractivity contribution in [3.05, 3.63) is 35.4 Å². The van der Waals surface area contributed by atoms with Crippen LogP contribution in [0.3, 0.4) is 0 Å². The molecule has 1 atom stereocenters. The fourth-order valence-electron chi connectivity index (χ4n) is 2.21. The molecule has 0 fully saturated rings. The maximum absolute atomic E-state index is 2.42. The van der Waals surface area contributed by atoms with Crippen molar-refractivity contribution in [1.29, 1.82) is 0 Å². The molecular weight excluding hydrogens is 158 g/mol. The van der Waals surface area contributed by atoms with Crippen LogP contribution in [0, 0.1) is 0 Å². The number of likely N-dealkylation sites (N-methyl/N-ethyl adjacent to an activating group) is 1. The molecule has 0 spiro atoms. The summed E-state index contributed by atoms with van der Waals surface area (Å²) in [6.45, 7) is 4.71. The smallest absolute Gasteiger partial charge is 0.00448 e. The molecule has 1 aliphatic heterocycles. The van der Waals surface area contributed by atoms with E-state index in [1.165, 1.54) is 19.5 Å². The fourth-order valence-corrected chi connectivity index (χ4v) is 2.21. The van der Waals surface area contributed by atoms with Crippen molar-refractivity contribution in [2.24, 2.45) is 0 Å². The zero-order valence-electron chi connectivity index (χ0n) is 8.46. The molecule has 0 aliphatic carbocycles. The summed E-state index contributed by atoms with van der Waals surface area (Å²) < 4.78 is 0. The van der Waals surface area contributed by atoms with Crippen molar-refractivity contribution in [2.75, 3.05) is 20.1 Å². The van der Waals surface area contributed by atoms with E-state index in [1.54, 1.807) is 11.1 Å². The molecule has 0 saturated heterocycles. The zero-order valence-corrected chi connectivity index (χ0v) is 8.46. The standard InChI is InChI=1S/C12H17N/c1-10-9-13(2)8-7-11-5-3-4-6-12(10)11/h3-6,10H,7-9H2,1-2H3. The predicted molar refractivity (Wildman–Crippen MR) is 56.1 cm³/mol. The van der Waals surface area contributed by atoms with Crippen LogP contribution in [-0.2, 0) is 6.42 Å². The Morgan fingerprint density at radius 1 is 1.31 bits per heavy atom. The van der Waals surface area contributed by atoms with Gasteiger partial charge in [0.05, 0.1) is 0 Å². The second kappa shape index (κ2) is 3.51. The van der Waals surface area contributed by atoms with Crippen LogP contribution in [-0.4, -0.2) is 25.0 Å². The zero-order chi connectivity index (χ0) is 9.26. The van der Waals surface area contributed by atoms with Gasteiger partial charge in [-0.05, 0) is 30.5 Å². The second-order valence-corrected chi connectivity index (χ2v) is 4.11. The first-order valence-corrected chi connectivity index (χ1v) is 5.03. The molecule has 2 rings (SSSR count). The van der Waals surface area contributed by atoms with Crippen LogP contribution in [0.15, 0.2) is 24.3 Å². The van der Waals surface area contributed by atoms with Gasteiger partial charge in [0, 0.05) is 13.1 Å². The summed E-state index contributed by atoms with van der Waals surface area (Å²) >= 11 is 0. The summed E-state index contributed by atoms with van der Waals surface area (Å²) in [6, 6.07) is 8.85. The molecule has 0 bridgehead atoms. The molecule has 0 saturated carbocycles. The van der Waals surface area contributed by atoms with Crippen molar-refractivity contribution in [3.63, 3.8) is 0 Å². The van der Waals surface area contributed by atoms with Crippen LogP contribution >= 0.6 is 0 Å². The molecule has 1 nitrogen and oxygen atoms in total. The van der Waals surface area contributed by atoms with Gasteiger partial charge in [-0.3, -0.25) is 0 Å². The molecule has 1 heteroatoms. The van der Waals surface area contributed by atoms with Crippen LogP contribution in [0.1, 0.15) is 24.0 Å². The number of hydrogen-bond acceptors (Lipinski definition) is 1. The highest BCUT2D eigenvalue weighted by molar-refractivity contribution is 5.31. The fraction of sp³-hybridized carbons (Fsp3) is 0.500. The van der Waals surface area contributed by atoms with E-state index in [9.17, 15) is 0 Å². The van der Waals surface area contributed by atoms with Crippen molar-refractivity contribution < 1.29 is 0 Å². The number of nitrogens with zero attached hydrogens (tertiary/aromatic N) is 1. The van der Waals surface area contributed by atoms with Crippen molar-refractivity contribution in [3.8, 4) is 0 Å². The van der Waals surface area contributed by atoms with Gasteiger partial charge in [-0.1, -0.05) is 31.2 Å². The van der Waals surface area contributed by atoms with Gasteiger partial charge < -0.3 is 4.90 Å². The molecule has 0 radical (unpaired) electrons. The van der Waals surface area contributed by atoms with Crippen molar-refractivity contribution in [1.82, 2.24) is 4.90 Å². The Kier molecular flexibility index (Phi) is 2.36. The molecule has 1 aliphatic rings. The lowest BCUT2D eigenvalue weighted by Gasteiger charge is -2.16. The summed E-state index contributed by atoms with van der Waals surface area (Å²) in [5, 5.41) is 0. The van der Waals surface area contributed by atoms with Gasteiger partial charge in [-0.2, -0.15) is 0 Å². The largest absolute Gasteiger partial charge is 0.305 e. The highest BCUT2D eigenvalue weighted by Gasteiger charge is 2.16. The molecule has 1 aromatic carbocycles. The molecule has 1 heterocycles. The normalized spacial score (nSPS) is 23.7. The molecule has 1 aromatic rings. The van der Waals surface area contributed by atoms with E-state index < -0.39 is 0 Å². The van der Waals surface area contributed by atoms with Gasteiger partial charge in [-0.25, -0.2) is 0 Å². The monoisotopic (exact) mass is 175 g/mol. The molecule has 0 N–H and O–H groups in total. The van der Waals surface area contributed by atoms with Gasteiger partial charge in [0.25, 0.3) is 0 Å². The van der Waals surface area contributed by atoms with Gasteiger partial charge >= 0.3 is 0 Å². The lowest BCUT2D eigenvalue weighted by atomic mass is 9.96. The molecule has 0 aromatic heterocycles. The first-order chi connectivity index (χ1) is 6.27. The van der Waals surface area contributed by atoms with Gasteiger partial charge in [0.2, 0.25) is 0 Å². The van der Waals surface area contributed by atoms with Gasteiger partial charge in [-0.15, -0.1) is 0 Å². The van der Waals surface area contributed by atoms with Crippen LogP contribution in [0.25, 0.3) is 0 Å². The molecular formula is C12H17N. The minimum atomic E-state index is 0.684. The lowest BCUT2D eigenvalue weighted by molar-refractivity contribution is 0.332. The highest BCUT2D eigenvalue weighted by atomic mass is 15.1. The van der Waals surface area contributed by atoms with E-state index in [1.807, 2.05) is 0 Å². The number of fused-ring (bicyclic) bond motifs is 1. The van der Waals surface area contributed by atoms with Gasteiger partial charge in [0.1, 0.15) is 0 Å². The Bertz CT molecular complexity index is 293. The summed E-state index contributed by atoms with van der Waals surface area (Å²) in [4.78, 5) is 2.42. The number of rotatable bonds is 0. The summed E-state index contributed by atoms with van der Waals surface area (Å²) in [7, 11) is 2.21. The third-order valence-corrected chi connectivity index (χ3v) is 2.93. The first kappa shape index (κ1) is 8.76. The average Bonchev–Trinajstić information content (AvgIpc) is 2.27. The Balaban J connectivity index is 2.35. The van der Waals surface area contributed by atoms with E-state index in [-0.39, 0.29) is 0 Å². The summed E-state index contributed by atoms with van der Waals surface area (Å²) in [5.74, 6) is 0.684. The Hall–Kier alpha value is -0.820. The second-order valence-electron chi connectivity index (χ2n) is 4.11. The number of hydrogen-bond donors (Lipinski definition) is 0. The molecule has 70 valence electrons. The third kappa shape index (κ3) is 1.75. The molecule has 13 heavy (non-hydrogen) atoms. The molecule has 1 unspecified atom stereocenters. The molecule has 0 amide bonds. The average molecular weight is 175 g/mol. The third-order valence-electron chi connectivity index (χ3n) is 2.93. The minimum absolute atomic E-state index is 0.684. The van der Waals surface area contributed by atoms with E-state index in [0.717, 1.165) is 0 Å². The maximum atomic E-state index is 2.42. The minimum Gasteiger partial charge on any atom is -0.305 e. The van der Waals surface area contributed by atoms with Crippen LogP contribution in [0.4, 0.5) is 0 Å². The lowest BCUT2D eigenvalue weighted by Crippen LogP contribution is -2.22. The number of benzene rings is 1. The SMILES string of the molecule is CC1CN(C)CCc2ccccc21. The quantitative estimate of drug-likeness (QED) is 0.584. The van der Waals surface area contributed by atoms with Crippen molar-refractivity contribution >= 4 is 0 Å². The highest BCUT2D eigenvalue weighted by Crippen LogP contribution is 2.23. The van der Waals surface area contributed by atoms with Crippen LogP contribution in [0.5, 0.6) is 0 Å². The van der Waals surface area contributed by atoms with Crippen LogP contribution < -0.4 is 0 Å².